The van der Waals surface area contributed by atoms with E-state index in [1.807, 2.05) is 31.2 Å². The smallest absolute Gasteiger partial charge is 0.153 e. The summed E-state index contributed by atoms with van der Waals surface area (Å²) >= 11 is 6.08. The number of rotatable bonds is 3. The zero-order valence-corrected chi connectivity index (χ0v) is 12.3. The van der Waals surface area contributed by atoms with Crippen LogP contribution in [0.1, 0.15) is 30.3 Å². The van der Waals surface area contributed by atoms with Crippen molar-refractivity contribution in [2.24, 2.45) is 0 Å². The fraction of sp³-hybridized carbons (Fsp3) is 0.267. The number of aromatic nitrogens is 4. The highest BCUT2D eigenvalue weighted by molar-refractivity contribution is 6.31. The number of H-pyrrole nitrogens is 1. The van der Waals surface area contributed by atoms with E-state index in [2.05, 4.69) is 25.5 Å². The highest BCUT2D eigenvalue weighted by Gasteiger charge is 2.25. The monoisotopic (exact) mass is 299 g/mol. The molecule has 5 nitrogen and oxygen atoms in total. The van der Waals surface area contributed by atoms with E-state index in [4.69, 9.17) is 11.6 Å². The molecule has 0 unspecified atom stereocenters. The van der Waals surface area contributed by atoms with Crippen LogP contribution in [-0.4, -0.2) is 20.2 Å². The van der Waals surface area contributed by atoms with E-state index < -0.39 is 0 Å². The predicted octanol–water partition coefficient (Wildman–Crippen LogP) is 3.94. The van der Waals surface area contributed by atoms with Gasteiger partial charge in [0, 0.05) is 28.1 Å². The van der Waals surface area contributed by atoms with Crippen molar-refractivity contribution < 1.29 is 0 Å². The Morgan fingerprint density at radius 3 is 2.90 bits per heavy atom. The summed E-state index contributed by atoms with van der Waals surface area (Å²) in [4.78, 5) is 8.90. The number of hydrogen-bond acceptors (Lipinski definition) is 4. The van der Waals surface area contributed by atoms with Crippen LogP contribution in [-0.2, 0) is 0 Å². The van der Waals surface area contributed by atoms with Gasteiger partial charge in [-0.15, -0.1) is 0 Å². The molecule has 21 heavy (non-hydrogen) atoms. The first-order chi connectivity index (χ1) is 10.2. The van der Waals surface area contributed by atoms with E-state index in [9.17, 15) is 0 Å². The van der Waals surface area contributed by atoms with Gasteiger partial charge in [-0.2, -0.15) is 5.10 Å². The van der Waals surface area contributed by atoms with Crippen molar-refractivity contribution in [1.82, 2.24) is 20.2 Å². The quantitative estimate of drug-likeness (QED) is 0.769. The lowest BCUT2D eigenvalue weighted by molar-refractivity contribution is 0.966. The molecule has 1 fully saturated rings. The van der Waals surface area contributed by atoms with Gasteiger partial charge in [-0.05, 0) is 38.0 Å². The van der Waals surface area contributed by atoms with Crippen LogP contribution in [0.4, 0.5) is 11.6 Å². The molecule has 0 saturated heterocycles. The molecule has 0 spiro atoms. The Bertz CT molecular complexity index is 822. The van der Waals surface area contributed by atoms with E-state index >= 15 is 0 Å². The van der Waals surface area contributed by atoms with E-state index in [-0.39, 0.29) is 0 Å². The Morgan fingerprint density at radius 1 is 1.24 bits per heavy atom. The minimum Gasteiger partial charge on any atom is -0.323 e. The molecule has 1 aromatic carbocycles. The van der Waals surface area contributed by atoms with E-state index in [1.54, 1.807) is 0 Å². The lowest BCUT2D eigenvalue weighted by Crippen LogP contribution is -1.99. The van der Waals surface area contributed by atoms with Gasteiger partial charge in [-0.3, -0.25) is 5.10 Å². The van der Waals surface area contributed by atoms with Crippen LogP contribution < -0.4 is 5.32 Å². The van der Waals surface area contributed by atoms with E-state index in [1.165, 1.54) is 18.5 Å². The topological polar surface area (TPSA) is 66.5 Å². The van der Waals surface area contributed by atoms with Crippen molar-refractivity contribution in [1.29, 1.82) is 0 Å². The first-order valence-corrected chi connectivity index (χ1v) is 7.33. The summed E-state index contributed by atoms with van der Waals surface area (Å²) in [5, 5.41) is 12.2. The van der Waals surface area contributed by atoms with Crippen LogP contribution in [0, 0.1) is 6.92 Å². The first kappa shape index (κ1) is 12.6. The maximum atomic E-state index is 6.08. The lowest BCUT2D eigenvalue weighted by Gasteiger charge is -2.07. The molecule has 0 atom stereocenters. The maximum Gasteiger partial charge on any atom is 0.153 e. The molecule has 106 valence electrons. The molecule has 0 amide bonds. The van der Waals surface area contributed by atoms with Crippen LogP contribution in [0.2, 0.25) is 5.02 Å². The van der Waals surface area contributed by atoms with Gasteiger partial charge in [-0.25, -0.2) is 9.97 Å². The summed E-state index contributed by atoms with van der Waals surface area (Å²) in [5.41, 5.74) is 2.05. The second kappa shape index (κ2) is 4.70. The van der Waals surface area contributed by atoms with Gasteiger partial charge < -0.3 is 5.32 Å². The normalized spacial score (nSPS) is 14.6. The molecule has 0 radical (unpaired) electrons. The summed E-state index contributed by atoms with van der Waals surface area (Å²) in [7, 11) is 0. The fourth-order valence-electron chi connectivity index (χ4n) is 2.44. The predicted molar refractivity (Wildman–Crippen MR) is 83.1 cm³/mol. The third-order valence-electron chi connectivity index (χ3n) is 3.63. The molecule has 4 rings (SSSR count). The number of aromatic amines is 1. The molecule has 3 aromatic rings. The Labute approximate surface area is 126 Å². The lowest BCUT2D eigenvalue weighted by atomic mass is 10.2. The number of anilines is 2. The van der Waals surface area contributed by atoms with E-state index in [0.29, 0.717) is 16.8 Å². The zero-order chi connectivity index (χ0) is 14.4. The van der Waals surface area contributed by atoms with Crippen LogP contribution in [0.25, 0.3) is 10.9 Å². The largest absolute Gasteiger partial charge is 0.323 e. The minimum atomic E-state index is 0.645. The number of benzene rings is 1. The molecule has 0 aliphatic heterocycles. The number of aryl methyl sites for hydroxylation is 1. The summed E-state index contributed by atoms with van der Waals surface area (Å²) in [6.07, 6.45) is 2.49. The molecular weight excluding hydrogens is 286 g/mol. The Morgan fingerprint density at radius 2 is 2.10 bits per heavy atom. The number of halogens is 1. The standard InChI is InChI=1S/C15H14ClN5/c1-8-17-12-5-4-10(16)6-11(12)15(18-8)19-14-7-13(20-21-14)9-2-3-9/h4-7,9H,2-3H2,1H3,(H2,17,18,19,20,21). The molecule has 1 aliphatic rings. The second-order valence-corrected chi connectivity index (χ2v) is 5.83. The second-order valence-electron chi connectivity index (χ2n) is 5.39. The van der Waals surface area contributed by atoms with Crippen molar-refractivity contribution in [2.75, 3.05) is 5.32 Å². The van der Waals surface area contributed by atoms with Crippen LogP contribution in [0.5, 0.6) is 0 Å². The van der Waals surface area contributed by atoms with Crippen molar-refractivity contribution in [2.45, 2.75) is 25.7 Å². The summed E-state index contributed by atoms with van der Waals surface area (Å²) < 4.78 is 0. The number of hydrogen-bond donors (Lipinski definition) is 2. The van der Waals surface area contributed by atoms with Gasteiger partial charge in [0.25, 0.3) is 0 Å². The Balaban J connectivity index is 1.75. The van der Waals surface area contributed by atoms with Gasteiger partial charge in [0.05, 0.1) is 5.52 Å². The molecule has 6 heteroatoms. The van der Waals surface area contributed by atoms with Crippen LogP contribution >= 0.6 is 11.6 Å². The van der Waals surface area contributed by atoms with Crippen molar-refractivity contribution in [3.63, 3.8) is 0 Å². The average molecular weight is 300 g/mol. The van der Waals surface area contributed by atoms with Crippen molar-refractivity contribution in [3.05, 3.63) is 40.8 Å². The van der Waals surface area contributed by atoms with Crippen molar-refractivity contribution in [3.8, 4) is 0 Å². The highest BCUT2D eigenvalue weighted by Crippen LogP contribution is 2.39. The molecule has 1 aliphatic carbocycles. The number of nitrogens with zero attached hydrogens (tertiary/aromatic N) is 3. The van der Waals surface area contributed by atoms with Gasteiger partial charge in [0.15, 0.2) is 5.82 Å². The summed E-state index contributed by atoms with van der Waals surface area (Å²) in [6.45, 7) is 1.87. The number of fused-ring (bicyclic) bond motifs is 1. The maximum absolute atomic E-state index is 6.08. The third-order valence-corrected chi connectivity index (χ3v) is 3.87. The van der Waals surface area contributed by atoms with Gasteiger partial charge in [0.2, 0.25) is 0 Å². The summed E-state index contributed by atoms with van der Waals surface area (Å²) in [6, 6.07) is 7.65. The van der Waals surface area contributed by atoms with Gasteiger partial charge >= 0.3 is 0 Å². The molecular formula is C15H14ClN5. The van der Waals surface area contributed by atoms with E-state index in [0.717, 1.165) is 22.5 Å². The van der Waals surface area contributed by atoms with Gasteiger partial charge in [0.1, 0.15) is 11.6 Å². The first-order valence-electron chi connectivity index (χ1n) is 6.95. The molecule has 2 heterocycles. The number of nitrogens with one attached hydrogen (secondary N) is 2. The van der Waals surface area contributed by atoms with Crippen molar-refractivity contribution >= 4 is 34.1 Å². The average Bonchev–Trinajstić information content (AvgIpc) is 3.20. The molecule has 2 N–H and O–H groups in total. The molecule has 0 bridgehead atoms. The minimum absolute atomic E-state index is 0.645. The van der Waals surface area contributed by atoms with Crippen LogP contribution in [0.15, 0.2) is 24.3 Å². The third kappa shape index (κ3) is 2.45. The summed E-state index contributed by atoms with van der Waals surface area (Å²) in [5.74, 6) is 2.86. The molecule has 1 saturated carbocycles. The van der Waals surface area contributed by atoms with Crippen LogP contribution in [0.3, 0.4) is 0 Å². The Kier molecular flexibility index (Phi) is 2.82. The van der Waals surface area contributed by atoms with Gasteiger partial charge in [-0.1, -0.05) is 11.6 Å². The highest BCUT2D eigenvalue weighted by atomic mass is 35.5. The fourth-order valence-corrected chi connectivity index (χ4v) is 2.61. The Hall–Kier alpha value is -2.14. The SMILES string of the molecule is Cc1nc(Nc2cc(C3CC3)[nH]n2)c2cc(Cl)ccc2n1. The zero-order valence-electron chi connectivity index (χ0n) is 11.5. The molecule has 2 aromatic heterocycles.